The second-order valence-corrected chi connectivity index (χ2v) is 16.0. The molecule has 21 heteroatoms. The molecule has 75 heavy (non-hydrogen) atoms. The zero-order valence-corrected chi connectivity index (χ0v) is 43.3. The molecule has 7 aromatic carbocycles. The number of alkyl halides is 3. The number of hydrogen-bond donors (Lipinski definition) is 0. The number of ketones is 1. The van der Waals surface area contributed by atoms with Crippen LogP contribution in [0.3, 0.4) is 0 Å². The first-order chi connectivity index (χ1) is 36.1. The summed E-state index contributed by atoms with van der Waals surface area (Å²) in [5, 5.41) is -0.428. The minimum Gasteiger partial charge on any atom is -0.494 e. The molecule has 15 nitrogen and oxygen atoms in total. The van der Waals surface area contributed by atoms with E-state index < -0.39 is 16.8 Å². The summed E-state index contributed by atoms with van der Waals surface area (Å²) in [5.41, 5.74) is 2.43. The highest BCUT2D eigenvalue weighted by molar-refractivity contribution is 14.1. The van der Waals surface area contributed by atoms with Crippen LogP contribution in [0.15, 0.2) is 205 Å². The van der Waals surface area contributed by atoms with Crippen molar-refractivity contribution in [2.24, 2.45) is 30.0 Å². The third kappa shape index (κ3) is 26.5. The first-order valence-corrected chi connectivity index (χ1v) is 23.7. The lowest BCUT2D eigenvalue weighted by atomic mass is 10.1. The number of nitrogens with zero attached hydrogens (tertiary/aromatic N) is 6. The van der Waals surface area contributed by atoms with Crippen LogP contribution in [-0.2, 0) is 34.9 Å². The Morgan fingerprint density at radius 2 is 0.893 bits per heavy atom. The second-order valence-electron chi connectivity index (χ2n) is 13.5. The molecule has 0 spiro atoms. The van der Waals surface area contributed by atoms with Crippen molar-refractivity contribution in [2.75, 3.05) is 12.9 Å². The highest BCUT2D eigenvalue weighted by Gasteiger charge is 2.33. The van der Waals surface area contributed by atoms with E-state index in [0.717, 1.165) is 32.1 Å². The molecule has 7 aromatic rings. The van der Waals surface area contributed by atoms with Gasteiger partial charge in [-0.25, -0.2) is 28.8 Å². The number of hydrogen-bond acceptors (Lipinski definition) is 16. The van der Waals surface area contributed by atoms with Crippen LogP contribution < -0.4 is 9.47 Å². The number of ether oxygens (including phenoxy) is 2. The van der Waals surface area contributed by atoms with Crippen molar-refractivity contribution in [1.29, 1.82) is 0 Å². The third-order valence-corrected chi connectivity index (χ3v) is 10.2. The van der Waals surface area contributed by atoms with Gasteiger partial charge in [0.25, 0.3) is 0 Å². The Morgan fingerprint density at radius 3 is 1.28 bits per heavy atom. The van der Waals surface area contributed by atoms with Crippen molar-refractivity contribution < 1.29 is 56.2 Å². The average Bonchev–Trinajstić information content (AvgIpc) is 3.41. The van der Waals surface area contributed by atoms with Gasteiger partial charge in [0, 0.05) is 14.0 Å². The Balaban J connectivity index is 0.000000310. The van der Waals surface area contributed by atoms with Crippen LogP contribution >= 0.6 is 46.0 Å². The number of thioether (sulfide) groups is 1. The molecule has 0 fully saturated rings. The number of Topliss-reactive ketones (excluding diaryl/α,β-unsaturated/α-hetero) is 1. The number of rotatable bonds is 12. The largest absolute Gasteiger partial charge is 0.494 e. The van der Waals surface area contributed by atoms with E-state index in [9.17, 15) is 46.7 Å². The van der Waals surface area contributed by atoms with Crippen molar-refractivity contribution in [3.8, 4) is 17.2 Å². The molecule has 0 amide bonds. The van der Waals surface area contributed by atoms with E-state index in [4.69, 9.17) is 21.1 Å². The zero-order chi connectivity index (χ0) is 55.3. The van der Waals surface area contributed by atoms with Crippen molar-refractivity contribution in [3.05, 3.63) is 190 Å². The number of para-hydroxylation sites is 1. The molecule has 0 saturated heterocycles. The fraction of sp³-hybridized carbons (Fsp3) is 0.0926. The predicted molar refractivity (Wildman–Crippen MR) is 288 cm³/mol. The van der Waals surface area contributed by atoms with E-state index in [-0.39, 0.29) is 11.5 Å². The summed E-state index contributed by atoms with van der Waals surface area (Å²) in [6.45, 7) is 4.03. The fourth-order valence-corrected chi connectivity index (χ4v) is 6.05. The highest BCUT2D eigenvalue weighted by Crippen LogP contribution is 2.36. The minimum atomic E-state index is -4.55. The summed E-state index contributed by atoms with van der Waals surface area (Å²) in [7, 11) is 0. The van der Waals surface area contributed by atoms with Crippen molar-refractivity contribution in [2.45, 2.75) is 24.9 Å². The summed E-state index contributed by atoms with van der Waals surface area (Å²) in [5.74, 6) is 2.25. The van der Waals surface area contributed by atoms with Gasteiger partial charge in [-0.2, -0.15) is 43.1 Å². The topological polar surface area (TPSA) is 212 Å². The Bertz CT molecular complexity index is 3150. The molecule has 0 aromatic heterocycles. The first kappa shape index (κ1) is 62.4. The Morgan fingerprint density at radius 1 is 0.533 bits per heavy atom. The van der Waals surface area contributed by atoms with Crippen LogP contribution in [-0.4, -0.2) is 55.1 Å². The SMILES string of the molecule is CC(=O)c1ccc(N=C=O)cc1.CCOc1ccc(N=C=O)cc1.CSc1ccc(N=C=O)cc1.O=C=Nc1ccc(Cl)c(C(F)(F)F)c1.O=C=Nc1ccc(I)cc1.O=C=Nc1ccc(Oc2ccccc2)cc1. The Kier molecular flexibility index (Phi) is 30.1. The van der Waals surface area contributed by atoms with E-state index in [1.807, 2.05) is 67.8 Å². The number of benzene rings is 7. The van der Waals surface area contributed by atoms with E-state index in [2.05, 4.69) is 52.5 Å². The van der Waals surface area contributed by atoms with Gasteiger partial charge in [-0.15, -0.1) is 11.8 Å². The smallest absolute Gasteiger partial charge is 0.417 e. The van der Waals surface area contributed by atoms with E-state index in [0.29, 0.717) is 52.4 Å². The molecule has 0 aliphatic heterocycles. The highest BCUT2D eigenvalue weighted by atomic mass is 127. The molecule has 7 rings (SSSR count). The van der Waals surface area contributed by atoms with Gasteiger partial charge in [0.15, 0.2) is 5.78 Å². The maximum absolute atomic E-state index is 12.2. The average molecular weight is 1170 g/mol. The van der Waals surface area contributed by atoms with Crippen LogP contribution in [0.5, 0.6) is 17.2 Å². The van der Waals surface area contributed by atoms with Crippen LogP contribution in [0.2, 0.25) is 5.02 Å². The molecule has 0 aliphatic rings. The molecule has 0 radical (unpaired) electrons. The molecule has 0 saturated carbocycles. The van der Waals surface area contributed by atoms with Gasteiger partial charge in [0.1, 0.15) is 17.2 Å². The number of carbonyl (C=O) groups is 1. The van der Waals surface area contributed by atoms with Crippen LogP contribution in [0.4, 0.5) is 47.3 Å². The van der Waals surface area contributed by atoms with Gasteiger partial charge >= 0.3 is 6.18 Å². The fourth-order valence-electron chi connectivity index (χ4n) is 5.06. The summed E-state index contributed by atoms with van der Waals surface area (Å²) < 4.78 is 48.6. The molecule has 0 aliphatic carbocycles. The van der Waals surface area contributed by atoms with E-state index in [1.54, 1.807) is 109 Å². The van der Waals surface area contributed by atoms with Crippen molar-refractivity contribution in [1.82, 2.24) is 0 Å². The molecule has 0 heterocycles. The zero-order valence-electron chi connectivity index (χ0n) is 39.5. The normalized spacial score (nSPS) is 9.23. The van der Waals surface area contributed by atoms with Gasteiger partial charge in [-0.1, -0.05) is 29.8 Å². The predicted octanol–water partition coefficient (Wildman–Crippen LogP) is 15.3. The molecule has 0 bridgehead atoms. The third-order valence-electron chi connectivity index (χ3n) is 8.44. The molecule has 380 valence electrons. The van der Waals surface area contributed by atoms with Crippen LogP contribution in [0.25, 0.3) is 0 Å². The van der Waals surface area contributed by atoms with Crippen molar-refractivity contribution in [3.63, 3.8) is 0 Å². The molecule has 0 N–H and O–H groups in total. The Labute approximate surface area is 450 Å². The van der Waals surface area contributed by atoms with E-state index in [1.165, 1.54) is 43.4 Å². The van der Waals surface area contributed by atoms with Gasteiger partial charge in [-0.05, 0) is 194 Å². The van der Waals surface area contributed by atoms with Crippen LogP contribution in [0, 0.1) is 3.57 Å². The number of carbonyl (C=O) groups excluding carboxylic acids is 7. The molecule has 0 atom stereocenters. The first-order valence-electron chi connectivity index (χ1n) is 21.0. The second kappa shape index (κ2) is 36.2. The maximum atomic E-state index is 12.2. The Hall–Kier alpha value is -8.75. The van der Waals surface area contributed by atoms with Gasteiger partial charge < -0.3 is 9.47 Å². The molecular formula is C54H39ClF3IN6O9S. The summed E-state index contributed by atoms with van der Waals surface area (Å²) in [4.78, 5) is 91.4. The summed E-state index contributed by atoms with van der Waals surface area (Å²) >= 11 is 9.16. The van der Waals surface area contributed by atoms with Crippen molar-refractivity contribution >= 4 is 122 Å². The summed E-state index contributed by atoms with van der Waals surface area (Å²) in [6, 6.07) is 47.4. The van der Waals surface area contributed by atoms with Gasteiger partial charge in [0.2, 0.25) is 36.5 Å². The van der Waals surface area contributed by atoms with E-state index >= 15 is 0 Å². The maximum Gasteiger partial charge on any atom is 0.417 e. The van der Waals surface area contributed by atoms with Crippen LogP contribution in [0.1, 0.15) is 29.8 Å². The molecular weight excluding hydrogens is 1130 g/mol. The summed E-state index contributed by atoms with van der Waals surface area (Å²) in [6.07, 6.45) is 5.94. The quantitative estimate of drug-likeness (QED) is 0.0371. The monoisotopic (exact) mass is 1170 g/mol. The number of aliphatic imine (C=N–C) groups is 6. The molecule has 0 unspecified atom stereocenters. The lowest BCUT2D eigenvalue weighted by Gasteiger charge is -2.08. The number of isocyanates is 6. The lowest BCUT2D eigenvalue weighted by molar-refractivity contribution is -0.137. The number of halogens is 5. The standard InChI is InChI=1S/C13H9NO2.C9H7NO2.C9H9NO2.C8H3ClF3NO.C8H7NOS.C7H4INO/c15-10-14-11-6-8-13(9-7-11)16-12-4-2-1-3-5-12;1-7(12)8-2-4-9(5-3-8)10-6-11;1-2-12-9-5-3-8(4-6-9)10-7-11;9-7-2-1-5(13-4-14)3-6(7)8(10,11)12;1-11-8-4-2-7(3-5-8)9-6-10;8-6-1-3-7(4-2-6)9-5-10/h1-9H;2-5H,1H3;3-6H,2H2,1H3;1-3H;2-5H,1H3;1-4H. The minimum absolute atomic E-state index is 0.00312. The van der Waals surface area contributed by atoms with Gasteiger partial charge in [0.05, 0.1) is 51.3 Å². The van der Waals surface area contributed by atoms with Gasteiger partial charge in [-0.3, -0.25) is 4.79 Å². The lowest BCUT2D eigenvalue weighted by Crippen LogP contribution is -2.05.